The van der Waals surface area contributed by atoms with Crippen molar-refractivity contribution in [3.05, 3.63) is 41.6 Å². The molecule has 0 bridgehead atoms. The first kappa shape index (κ1) is 11.7. The lowest BCUT2D eigenvalue weighted by atomic mass is 10.1. The fourth-order valence-corrected chi connectivity index (χ4v) is 2.11. The highest BCUT2D eigenvalue weighted by molar-refractivity contribution is 5.76. The van der Waals surface area contributed by atoms with Crippen molar-refractivity contribution in [3.8, 4) is 17.1 Å². The van der Waals surface area contributed by atoms with Crippen molar-refractivity contribution in [2.24, 2.45) is 0 Å². The molecular formula is C15H15N3O. The predicted molar refractivity (Wildman–Crippen MR) is 75.4 cm³/mol. The molecular weight excluding hydrogens is 238 g/mol. The van der Waals surface area contributed by atoms with Gasteiger partial charge < -0.3 is 9.72 Å². The number of aromatic nitrogens is 3. The molecule has 0 saturated carbocycles. The second-order valence-electron chi connectivity index (χ2n) is 4.65. The van der Waals surface area contributed by atoms with Gasteiger partial charge in [0.1, 0.15) is 11.6 Å². The first-order chi connectivity index (χ1) is 9.17. The van der Waals surface area contributed by atoms with E-state index in [1.165, 1.54) is 0 Å². The molecule has 0 fully saturated rings. The van der Waals surface area contributed by atoms with Crippen molar-refractivity contribution in [2.75, 3.05) is 7.11 Å². The smallest absolute Gasteiger partial charge is 0.178 e. The maximum absolute atomic E-state index is 5.34. The van der Waals surface area contributed by atoms with Crippen LogP contribution in [-0.4, -0.2) is 22.1 Å². The van der Waals surface area contributed by atoms with Gasteiger partial charge in [0, 0.05) is 11.8 Å². The molecule has 0 radical (unpaired) electrons. The predicted octanol–water partition coefficient (Wildman–Crippen LogP) is 3.25. The van der Waals surface area contributed by atoms with Crippen LogP contribution in [0.1, 0.15) is 11.1 Å². The number of nitrogens with zero attached hydrogens (tertiary/aromatic N) is 2. The molecule has 2 aromatic heterocycles. The Labute approximate surface area is 111 Å². The molecule has 96 valence electrons. The maximum atomic E-state index is 5.34. The van der Waals surface area contributed by atoms with Crippen molar-refractivity contribution in [1.29, 1.82) is 0 Å². The van der Waals surface area contributed by atoms with Gasteiger partial charge >= 0.3 is 0 Å². The molecule has 2 heterocycles. The summed E-state index contributed by atoms with van der Waals surface area (Å²) in [7, 11) is 1.68. The Hall–Kier alpha value is -2.36. The molecule has 0 amide bonds. The molecule has 0 saturated heterocycles. The number of fused-ring (bicyclic) bond motifs is 1. The van der Waals surface area contributed by atoms with E-state index in [1.54, 1.807) is 7.11 Å². The van der Waals surface area contributed by atoms with Crippen molar-refractivity contribution in [3.63, 3.8) is 0 Å². The molecule has 1 aromatic carbocycles. The van der Waals surface area contributed by atoms with Crippen LogP contribution < -0.4 is 4.74 Å². The SMILES string of the molecule is COc1cc(-c2nc3ncc(C)cc3[nH]2)ccc1C. The molecule has 4 nitrogen and oxygen atoms in total. The van der Waals surface area contributed by atoms with Crippen LogP contribution in [0.15, 0.2) is 30.5 Å². The van der Waals surface area contributed by atoms with Crippen molar-refractivity contribution >= 4 is 11.2 Å². The number of pyridine rings is 1. The second-order valence-corrected chi connectivity index (χ2v) is 4.65. The highest BCUT2D eigenvalue weighted by Gasteiger charge is 2.08. The van der Waals surface area contributed by atoms with Gasteiger partial charge in [0.25, 0.3) is 0 Å². The highest BCUT2D eigenvalue weighted by Crippen LogP contribution is 2.26. The van der Waals surface area contributed by atoms with Crippen LogP contribution in [-0.2, 0) is 0 Å². The number of hydrogen-bond donors (Lipinski definition) is 1. The number of imidazole rings is 1. The van der Waals surface area contributed by atoms with Crippen molar-refractivity contribution in [2.45, 2.75) is 13.8 Å². The van der Waals surface area contributed by atoms with Gasteiger partial charge in [-0.1, -0.05) is 12.1 Å². The van der Waals surface area contributed by atoms with Gasteiger partial charge in [0.15, 0.2) is 5.65 Å². The summed E-state index contributed by atoms with van der Waals surface area (Å²) in [6.07, 6.45) is 1.82. The van der Waals surface area contributed by atoms with Crippen LogP contribution in [0.2, 0.25) is 0 Å². The standard InChI is InChI=1S/C15H15N3O/c1-9-6-12-15(16-8-9)18-14(17-12)11-5-4-10(2)13(7-11)19-3/h4-8H,1-3H3,(H,16,17,18). The number of benzene rings is 1. The summed E-state index contributed by atoms with van der Waals surface area (Å²) in [4.78, 5) is 12.1. The van der Waals surface area contributed by atoms with E-state index >= 15 is 0 Å². The molecule has 0 aliphatic rings. The molecule has 3 aromatic rings. The number of aryl methyl sites for hydroxylation is 2. The summed E-state index contributed by atoms with van der Waals surface area (Å²) >= 11 is 0. The van der Waals surface area contributed by atoms with Gasteiger partial charge in [-0.05, 0) is 37.1 Å². The summed E-state index contributed by atoms with van der Waals surface area (Å²) in [5.74, 6) is 1.67. The van der Waals surface area contributed by atoms with Crippen LogP contribution in [0.4, 0.5) is 0 Å². The average molecular weight is 253 g/mol. The average Bonchev–Trinajstić information content (AvgIpc) is 2.82. The third-order valence-corrected chi connectivity index (χ3v) is 3.16. The van der Waals surface area contributed by atoms with E-state index < -0.39 is 0 Å². The lowest BCUT2D eigenvalue weighted by Gasteiger charge is -2.05. The van der Waals surface area contributed by atoms with Crippen LogP contribution in [0, 0.1) is 13.8 Å². The molecule has 0 unspecified atom stereocenters. The summed E-state index contributed by atoms with van der Waals surface area (Å²) in [5.41, 5.74) is 4.91. The number of aromatic amines is 1. The van der Waals surface area contributed by atoms with Gasteiger partial charge in [-0.15, -0.1) is 0 Å². The largest absolute Gasteiger partial charge is 0.496 e. The van der Waals surface area contributed by atoms with Crippen LogP contribution in [0.5, 0.6) is 5.75 Å². The zero-order valence-corrected chi connectivity index (χ0v) is 11.2. The summed E-state index contributed by atoms with van der Waals surface area (Å²) < 4.78 is 5.34. The first-order valence-corrected chi connectivity index (χ1v) is 6.15. The van der Waals surface area contributed by atoms with Crippen LogP contribution >= 0.6 is 0 Å². The van der Waals surface area contributed by atoms with E-state index in [1.807, 2.05) is 44.3 Å². The summed E-state index contributed by atoms with van der Waals surface area (Å²) in [6.45, 7) is 4.04. The Kier molecular flexibility index (Phi) is 2.71. The van der Waals surface area contributed by atoms with Gasteiger partial charge in [-0.3, -0.25) is 0 Å². The monoisotopic (exact) mass is 253 g/mol. The number of rotatable bonds is 2. The van der Waals surface area contributed by atoms with Crippen LogP contribution in [0.3, 0.4) is 0 Å². The molecule has 0 spiro atoms. The highest BCUT2D eigenvalue weighted by atomic mass is 16.5. The number of H-pyrrole nitrogens is 1. The zero-order chi connectivity index (χ0) is 13.4. The first-order valence-electron chi connectivity index (χ1n) is 6.15. The summed E-state index contributed by atoms with van der Waals surface area (Å²) in [5, 5.41) is 0. The molecule has 0 aliphatic carbocycles. The van der Waals surface area contributed by atoms with E-state index in [4.69, 9.17) is 4.74 Å². The van der Waals surface area contributed by atoms with Gasteiger partial charge in [0.05, 0.1) is 12.6 Å². The Balaban J connectivity index is 2.13. The Morgan fingerprint density at radius 2 is 2.00 bits per heavy atom. The second kappa shape index (κ2) is 4.39. The quantitative estimate of drug-likeness (QED) is 0.762. The lowest BCUT2D eigenvalue weighted by molar-refractivity contribution is 0.412. The molecule has 0 atom stereocenters. The van der Waals surface area contributed by atoms with Crippen LogP contribution in [0.25, 0.3) is 22.6 Å². The normalized spacial score (nSPS) is 10.9. The molecule has 19 heavy (non-hydrogen) atoms. The summed E-state index contributed by atoms with van der Waals surface area (Å²) in [6, 6.07) is 8.09. The molecule has 0 aliphatic heterocycles. The Bertz CT molecular complexity index is 746. The molecule has 4 heteroatoms. The molecule has 1 N–H and O–H groups in total. The number of nitrogens with one attached hydrogen (secondary N) is 1. The lowest BCUT2D eigenvalue weighted by Crippen LogP contribution is -1.88. The minimum atomic E-state index is 0.736. The minimum Gasteiger partial charge on any atom is -0.496 e. The van der Waals surface area contributed by atoms with Crippen molar-refractivity contribution < 1.29 is 4.74 Å². The zero-order valence-electron chi connectivity index (χ0n) is 11.2. The van der Waals surface area contributed by atoms with E-state index in [0.717, 1.165) is 39.4 Å². The number of ether oxygens (including phenoxy) is 1. The Morgan fingerprint density at radius 1 is 1.16 bits per heavy atom. The number of methoxy groups -OCH3 is 1. The maximum Gasteiger partial charge on any atom is 0.178 e. The Morgan fingerprint density at radius 3 is 2.79 bits per heavy atom. The number of hydrogen-bond acceptors (Lipinski definition) is 3. The third-order valence-electron chi connectivity index (χ3n) is 3.16. The fraction of sp³-hybridized carbons (Fsp3) is 0.200. The van der Waals surface area contributed by atoms with Gasteiger partial charge in [-0.25, -0.2) is 9.97 Å². The third kappa shape index (κ3) is 2.05. The van der Waals surface area contributed by atoms with Crippen molar-refractivity contribution in [1.82, 2.24) is 15.0 Å². The van der Waals surface area contributed by atoms with E-state index in [-0.39, 0.29) is 0 Å². The van der Waals surface area contributed by atoms with E-state index in [0.29, 0.717) is 0 Å². The van der Waals surface area contributed by atoms with Gasteiger partial charge in [0.2, 0.25) is 0 Å². The topological polar surface area (TPSA) is 50.8 Å². The van der Waals surface area contributed by atoms with E-state index in [9.17, 15) is 0 Å². The fourth-order valence-electron chi connectivity index (χ4n) is 2.11. The molecule has 3 rings (SSSR count). The minimum absolute atomic E-state index is 0.736. The van der Waals surface area contributed by atoms with Gasteiger partial charge in [-0.2, -0.15) is 0 Å². The van der Waals surface area contributed by atoms with E-state index in [2.05, 4.69) is 15.0 Å².